The van der Waals surface area contributed by atoms with Crippen molar-refractivity contribution >= 4 is 22.9 Å². The summed E-state index contributed by atoms with van der Waals surface area (Å²) in [7, 11) is 1.85. The van der Waals surface area contributed by atoms with Gasteiger partial charge in [-0.1, -0.05) is 6.07 Å². The zero-order valence-electron chi connectivity index (χ0n) is 9.23. The molecular weight excluding hydrogens is 222 g/mol. The summed E-state index contributed by atoms with van der Waals surface area (Å²) in [4.78, 5) is 12.8. The third-order valence-corrected chi connectivity index (χ3v) is 3.30. The molecule has 2 aromatic rings. The first kappa shape index (κ1) is 10.9. The second kappa shape index (κ2) is 4.49. The molecule has 5 heteroatoms. The number of amides is 1. The Morgan fingerprint density at radius 2 is 2.44 bits per heavy atom. The zero-order chi connectivity index (χ0) is 11.5. The molecule has 0 aliphatic rings. The number of carbonyl (C=O) groups excluding carboxylic acids is 1. The van der Waals surface area contributed by atoms with Gasteiger partial charge in [0.25, 0.3) is 0 Å². The maximum Gasteiger partial charge on any atom is 0.229 e. The number of nitrogens with zero attached hydrogens (tertiary/aromatic N) is 2. The molecule has 1 amide bonds. The highest BCUT2D eigenvalue weighted by Crippen LogP contribution is 2.14. The molecule has 0 fully saturated rings. The first-order valence-corrected chi connectivity index (χ1v) is 5.85. The van der Waals surface area contributed by atoms with Gasteiger partial charge >= 0.3 is 0 Å². The Morgan fingerprint density at radius 3 is 3.00 bits per heavy atom. The van der Waals surface area contributed by atoms with E-state index < -0.39 is 0 Å². The van der Waals surface area contributed by atoms with Crippen LogP contribution in [0.15, 0.2) is 23.7 Å². The smallest absolute Gasteiger partial charge is 0.229 e. The number of hydrogen-bond acceptors (Lipinski definition) is 3. The van der Waals surface area contributed by atoms with Gasteiger partial charge in [-0.15, -0.1) is 11.3 Å². The molecule has 0 bridgehead atoms. The van der Waals surface area contributed by atoms with Gasteiger partial charge in [0.15, 0.2) is 0 Å². The lowest BCUT2D eigenvalue weighted by Crippen LogP contribution is -2.14. The Hall–Kier alpha value is -1.62. The maximum absolute atomic E-state index is 11.7. The Kier molecular flexibility index (Phi) is 3.05. The highest BCUT2D eigenvalue weighted by Gasteiger charge is 2.08. The summed E-state index contributed by atoms with van der Waals surface area (Å²) in [5.41, 5.74) is 1.74. The fraction of sp³-hybridized carbons (Fsp3) is 0.273. The summed E-state index contributed by atoms with van der Waals surface area (Å²) in [5, 5.41) is 8.89. The monoisotopic (exact) mass is 235 g/mol. The van der Waals surface area contributed by atoms with Gasteiger partial charge in [0.2, 0.25) is 5.91 Å². The molecule has 16 heavy (non-hydrogen) atoms. The van der Waals surface area contributed by atoms with Crippen LogP contribution in [0.3, 0.4) is 0 Å². The third-order valence-electron chi connectivity index (χ3n) is 2.42. The molecule has 0 aromatic carbocycles. The second-order valence-corrected chi connectivity index (χ2v) is 4.60. The number of rotatable bonds is 3. The van der Waals surface area contributed by atoms with Crippen molar-refractivity contribution < 1.29 is 4.79 Å². The van der Waals surface area contributed by atoms with Gasteiger partial charge in [0.05, 0.1) is 24.0 Å². The van der Waals surface area contributed by atoms with Crippen LogP contribution in [0, 0.1) is 6.92 Å². The molecule has 0 saturated heterocycles. The van der Waals surface area contributed by atoms with E-state index in [0.29, 0.717) is 6.42 Å². The highest BCUT2D eigenvalue weighted by atomic mass is 32.1. The number of hydrogen-bond donors (Lipinski definition) is 1. The summed E-state index contributed by atoms with van der Waals surface area (Å²) in [5.74, 6) is -0.00134. The van der Waals surface area contributed by atoms with Crippen molar-refractivity contribution in [2.45, 2.75) is 13.3 Å². The number of carbonyl (C=O) groups is 1. The lowest BCUT2D eigenvalue weighted by atomic mass is 10.3. The molecule has 0 saturated carbocycles. The summed E-state index contributed by atoms with van der Waals surface area (Å²) in [6, 6.07) is 3.91. The van der Waals surface area contributed by atoms with Crippen LogP contribution in [0.1, 0.15) is 10.6 Å². The minimum Gasteiger partial charge on any atom is -0.323 e. The minimum absolute atomic E-state index is 0.00134. The van der Waals surface area contributed by atoms with Crippen molar-refractivity contribution in [2.75, 3.05) is 5.32 Å². The van der Waals surface area contributed by atoms with Crippen LogP contribution >= 0.6 is 11.3 Å². The second-order valence-electron chi connectivity index (χ2n) is 3.57. The van der Waals surface area contributed by atoms with Crippen LogP contribution in [0.25, 0.3) is 0 Å². The SMILES string of the molecule is Cc1c(NC(=O)Cc2cccs2)cnn1C. The molecule has 4 nitrogen and oxygen atoms in total. The molecule has 2 heterocycles. The summed E-state index contributed by atoms with van der Waals surface area (Å²) in [6.45, 7) is 1.92. The lowest BCUT2D eigenvalue weighted by Gasteiger charge is -2.03. The van der Waals surface area contributed by atoms with E-state index in [9.17, 15) is 4.79 Å². The van der Waals surface area contributed by atoms with Crippen LogP contribution < -0.4 is 5.32 Å². The molecule has 0 unspecified atom stereocenters. The van der Waals surface area contributed by atoms with Crippen molar-refractivity contribution in [3.63, 3.8) is 0 Å². The van der Waals surface area contributed by atoms with E-state index in [0.717, 1.165) is 16.3 Å². The molecule has 0 aliphatic heterocycles. The van der Waals surface area contributed by atoms with Crippen molar-refractivity contribution in [3.8, 4) is 0 Å². The summed E-state index contributed by atoms with van der Waals surface area (Å²) >= 11 is 1.59. The number of aromatic nitrogens is 2. The molecular formula is C11H13N3OS. The van der Waals surface area contributed by atoms with E-state index in [-0.39, 0.29) is 5.91 Å². The molecule has 84 valence electrons. The van der Waals surface area contributed by atoms with E-state index >= 15 is 0 Å². The molecule has 2 rings (SSSR count). The molecule has 1 N–H and O–H groups in total. The van der Waals surface area contributed by atoms with Crippen LogP contribution in [-0.4, -0.2) is 15.7 Å². The zero-order valence-corrected chi connectivity index (χ0v) is 10.0. The Morgan fingerprint density at radius 1 is 1.62 bits per heavy atom. The summed E-state index contributed by atoms with van der Waals surface area (Å²) in [6.07, 6.45) is 2.09. The van der Waals surface area contributed by atoms with Crippen molar-refractivity contribution in [3.05, 3.63) is 34.3 Å². The van der Waals surface area contributed by atoms with Crippen LogP contribution in [-0.2, 0) is 18.3 Å². The van der Waals surface area contributed by atoms with Gasteiger partial charge in [-0.3, -0.25) is 9.48 Å². The fourth-order valence-corrected chi connectivity index (χ4v) is 2.09. The largest absolute Gasteiger partial charge is 0.323 e. The lowest BCUT2D eigenvalue weighted by molar-refractivity contribution is -0.115. The fourth-order valence-electron chi connectivity index (χ4n) is 1.39. The van der Waals surface area contributed by atoms with Crippen molar-refractivity contribution in [2.24, 2.45) is 7.05 Å². The Bertz CT molecular complexity index is 487. The molecule has 0 atom stereocenters. The van der Waals surface area contributed by atoms with Crippen LogP contribution in [0.2, 0.25) is 0 Å². The molecule has 0 aliphatic carbocycles. The Balaban J connectivity index is 2.00. The van der Waals surface area contributed by atoms with Crippen LogP contribution in [0.5, 0.6) is 0 Å². The quantitative estimate of drug-likeness (QED) is 0.884. The predicted octanol–water partition coefficient (Wildman–Crippen LogP) is 1.97. The normalized spacial score (nSPS) is 10.4. The molecule has 0 radical (unpaired) electrons. The standard InChI is InChI=1S/C11H13N3OS/c1-8-10(7-12-14(8)2)13-11(15)6-9-4-3-5-16-9/h3-5,7H,6H2,1-2H3,(H,13,15). The van der Waals surface area contributed by atoms with E-state index in [2.05, 4.69) is 10.4 Å². The average molecular weight is 235 g/mol. The maximum atomic E-state index is 11.7. The van der Waals surface area contributed by atoms with E-state index in [1.165, 1.54) is 0 Å². The minimum atomic E-state index is -0.00134. The van der Waals surface area contributed by atoms with E-state index in [4.69, 9.17) is 0 Å². The van der Waals surface area contributed by atoms with Gasteiger partial charge in [-0.25, -0.2) is 0 Å². The first-order valence-electron chi connectivity index (χ1n) is 4.97. The molecule has 0 spiro atoms. The highest BCUT2D eigenvalue weighted by molar-refractivity contribution is 7.10. The topological polar surface area (TPSA) is 46.9 Å². The number of aryl methyl sites for hydroxylation is 1. The number of anilines is 1. The summed E-state index contributed by atoms with van der Waals surface area (Å²) < 4.78 is 1.74. The van der Waals surface area contributed by atoms with E-state index in [1.54, 1.807) is 22.2 Å². The number of thiophene rings is 1. The van der Waals surface area contributed by atoms with Gasteiger partial charge in [-0.2, -0.15) is 5.10 Å². The third kappa shape index (κ3) is 2.30. The van der Waals surface area contributed by atoms with Crippen molar-refractivity contribution in [1.82, 2.24) is 9.78 Å². The van der Waals surface area contributed by atoms with Crippen molar-refractivity contribution in [1.29, 1.82) is 0 Å². The van der Waals surface area contributed by atoms with Crippen LogP contribution in [0.4, 0.5) is 5.69 Å². The van der Waals surface area contributed by atoms with E-state index in [1.807, 2.05) is 31.5 Å². The van der Waals surface area contributed by atoms with Gasteiger partial charge in [0, 0.05) is 11.9 Å². The van der Waals surface area contributed by atoms with Gasteiger partial charge < -0.3 is 5.32 Å². The number of nitrogens with one attached hydrogen (secondary N) is 1. The Labute approximate surface area is 97.9 Å². The predicted molar refractivity (Wildman–Crippen MR) is 64.6 cm³/mol. The van der Waals surface area contributed by atoms with Gasteiger partial charge in [0.1, 0.15) is 0 Å². The first-order chi connectivity index (χ1) is 7.66. The van der Waals surface area contributed by atoms with Gasteiger partial charge in [-0.05, 0) is 18.4 Å². The molecule has 2 aromatic heterocycles. The average Bonchev–Trinajstić information content (AvgIpc) is 2.83.